The van der Waals surface area contributed by atoms with Crippen LogP contribution in [0.1, 0.15) is 11.1 Å². The second kappa shape index (κ2) is 8.55. The van der Waals surface area contributed by atoms with Gasteiger partial charge in [0.25, 0.3) is 5.91 Å². The summed E-state index contributed by atoms with van der Waals surface area (Å²) in [5, 5.41) is 2.79. The van der Waals surface area contributed by atoms with Gasteiger partial charge in [0.2, 0.25) is 0 Å². The number of hydrogen-bond acceptors (Lipinski definition) is 3. The lowest BCUT2D eigenvalue weighted by molar-refractivity contribution is -0.118. The van der Waals surface area contributed by atoms with Crippen molar-refractivity contribution in [1.29, 1.82) is 0 Å². The number of aryl methyl sites for hydroxylation is 2. The highest BCUT2D eigenvalue weighted by molar-refractivity contribution is 9.10. The summed E-state index contributed by atoms with van der Waals surface area (Å²) in [5.74, 6) is 1.19. The predicted molar refractivity (Wildman–Crippen MR) is 99.9 cm³/mol. The van der Waals surface area contributed by atoms with E-state index in [0.29, 0.717) is 18.0 Å². The lowest BCUT2D eigenvalue weighted by Crippen LogP contribution is -2.20. The summed E-state index contributed by atoms with van der Waals surface area (Å²) in [6, 6.07) is 10.9. The molecule has 0 aliphatic rings. The van der Waals surface area contributed by atoms with E-state index >= 15 is 0 Å². The van der Waals surface area contributed by atoms with Crippen LogP contribution in [0.4, 0.5) is 5.69 Å². The molecule has 1 N–H and O–H groups in total. The predicted octanol–water partition coefficient (Wildman–Crippen LogP) is 4.65. The van der Waals surface area contributed by atoms with E-state index in [2.05, 4.69) is 27.8 Å². The average Bonchev–Trinajstić information content (AvgIpc) is 2.57. The van der Waals surface area contributed by atoms with Crippen LogP contribution in [0.2, 0.25) is 0 Å². The normalized spacial score (nSPS) is 10.1. The number of carbonyl (C=O) groups excluding carboxylic acids is 1. The highest BCUT2D eigenvalue weighted by atomic mass is 79.9. The fourth-order valence-corrected chi connectivity index (χ4v) is 2.35. The van der Waals surface area contributed by atoms with Crippen LogP contribution in [0.5, 0.6) is 11.5 Å². The third-order valence-electron chi connectivity index (χ3n) is 3.29. The molecule has 0 bridgehead atoms. The molecular formula is C19H20BrNO3. The van der Waals surface area contributed by atoms with Gasteiger partial charge in [-0.1, -0.05) is 28.6 Å². The van der Waals surface area contributed by atoms with Crippen LogP contribution < -0.4 is 14.8 Å². The average molecular weight is 390 g/mol. The number of halogens is 1. The number of anilines is 1. The fourth-order valence-electron chi connectivity index (χ4n) is 2.13. The van der Waals surface area contributed by atoms with E-state index in [1.165, 1.54) is 0 Å². The van der Waals surface area contributed by atoms with E-state index in [1.54, 1.807) is 30.3 Å². The van der Waals surface area contributed by atoms with E-state index < -0.39 is 0 Å². The number of amides is 1. The van der Waals surface area contributed by atoms with Crippen molar-refractivity contribution in [2.75, 3.05) is 18.5 Å². The molecule has 2 aromatic rings. The Morgan fingerprint density at radius 3 is 2.33 bits per heavy atom. The van der Waals surface area contributed by atoms with Crippen molar-refractivity contribution in [3.63, 3.8) is 0 Å². The summed E-state index contributed by atoms with van der Waals surface area (Å²) in [6.07, 6.45) is 1.68. The fraction of sp³-hybridized carbons (Fsp3) is 0.211. The SMILES string of the molecule is C=CCOc1ccc(NC(=O)COc2cc(C)c(Br)c(C)c2)cc1. The van der Waals surface area contributed by atoms with Crippen molar-refractivity contribution in [2.45, 2.75) is 13.8 Å². The molecule has 1 amide bonds. The highest BCUT2D eigenvalue weighted by Gasteiger charge is 2.07. The quantitative estimate of drug-likeness (QED) is 0.701. The molecule has 0 fully saturated rings. The van der Waals surface area contributed by atoms with E-state index in [4.69, 9.17) is 9.47 Å². The number of benzene rings is 2. The standard InChI is InChI=1S/C19H20BrNO3/c1-4-9-23-16-7-5-15(6-8-16)21-18(22)12-24-17-10-13(2)19(20)14(3)11-17/h4-8,10-11H,1,9,12H2,2-3H3,(H,21,22). The smallest absolute Gasteiger partial charge is 0.262 e. The first-order valence-corrected chi connectivity index (χ1v) is 8.32. The summed E-state index contributed by atoms with van der Waals surface area (Å²) in [4.78, 5) is 12.0. The zero-order valence-electron chi connectivity index (χ0n) is 13.8. The van der Waals surface area contributed by atoms with Crippen LogP contribution in [0, 0.1) is 13.8 Å². The minimum Gasteiger partial charge on any atom is -0.490 e. The molecule has 0 saturated heterocycles. The molecule has 0 atom stereocenters. The number of rotatable bonds is 7. The Labute approximate surface area is 150 Å². The number of ether oxygens (including phenoxy) is 2. The maximum absolute atomic E-state index is 12.0. The van der Waals surface area contributed by atoms with Crippen molar-refractivity contribution in [3.05, 3.63) is 64.7 Å². The Morgan fingerprint density at radius 2 is 1.75 bits per heavy atom. The topological polar surface area (TPSA) is 47.6 Å². The first kappa shape index (κ1) is 18.1. The zero-order valence-corrected chi connectivity index (χ0v) is 15.4. The molecular weight excluding hydrogens is 370 g/mol. The van der Waals surface area contributed by atoms with Gasteiger partial charge in [-0.15, -0.1) is 0 Å². The molecule has 0 saturated carbocycles. The van der Waals surface area contributed by atoms with Gasteiger partial charge >= 0.3 is 0 Å². The van der Waals surface area contributed by atoms with Crippen LogP contribution >= 0.6 is 15.9 Å². The van der Waals surface area contributed by atoms with E-state index in [1.807, 2.05) is 26.0 Å². The Bertz CT molecular complexity index is 703. The largest absolute Gasteiger partial charge is 0.490 e. The van der Waals surface area contributed by atoms with Gasteiger partial charge in [-0.2, -0.15) is 0 Å². The third-order valence-corrected chi connectivity index (χ3v) is 4.54. The molecule has 4 nitrogen and oxygen atoms in total. The molecule has 24 heavy (non-hydrogen) atoms. The molecule has 0 radical (unpaired) electrons. The molecule has 2 aromatic carbocycles. The molecule has 126 valence electrons. The van der Waals surface area contributed by atoms with Crippen molar-refractivity contribution < 1.29 is 14.3 Å². The summed E-state index contributed by atoms with van der Waals surface area (Å²) in [5.41, 5.74) is 2.83. The van der Waals surface area contributed by atoms with Gasteiger partial charge in [0.1, 0.15) is 18.1 Å². The molecule has 2 rings (SSSR count). The Kier molecular flexibility index (Phi) is 6.44. The Balaban J connectivity index is 1.88. The summed E-state index contributed by atoms with van der Waals surface area (Å²) < 4.78 is 12.0. The summed E-state index contributed by atoms with van der Waals surface area (Å²) in [6.45, 7) is 7.97. The lowest BCUT2D eigenvalue weighted by Gasteiger charge is -2.11. The molecule has 0 aromatic heterocycles. The first-order valence-electron chi connectivity index (χ1n) is 7.52. The second-order valence-corrected chi connectivity index (χ2v) is 6.12. The monoisotopic (exact) mass is 389 g/mol. The second-order valence-electron chi connectivity index (χ2n) is 5.33. The van der Waals surface area contributed by atoms with Crippen LogP contribution in [-0.4, -0.2) is 19.1 Å². The van der Waals surface area contributed by atoms with Crippen LogP contribution in [0.15, 0.2) is 53.5 Å². The van der Waals surface area contributed by atoms with Gasteiger partial charge in [0.05, 0.1) is 0 Å². The minimum atomic E-state index is -0.215. The van der Waals surface area contributed by atoms with Gasteiger partial charge < -0.3 is 14.8 Å². The molecule has 0 aliphatic carbocycles. The van der Waals surface area contributed by atoms with Gasteiger partial charge in [-0.25, -0.2) is 0 Å². The van der Waals surface area contributed by atoms with Crippen molar-refractivity contribution in [2.24, 2.45) is 0 Å². The maximum atomic E-state index is 12.0. The summed E-state index contributed by atoms with van der Waals surface area (Å²) >= 11 is 3.51. The van der Waals surface area contributed by atoms with Crippen LogP contribution in [0.25, 0.3) is 0 Å². The Morgan fingerprint density at radius 1 is 1.12 bits per heavy atom. The Hall–Kier alpha value is -2.27. The van der Waals surface area contributed by atoms with Gasteiger partial charge in [-0.3, -0.25) is 4.79 Å². The molecule has 0 unspecified atom stereocenters. The van der Waals surface area contributed by atoms with Gasteiger partial charge in [0.15, 0.2) is 6.61 Å². The van der Waals surface area contributed by atoms with Crippen LogP contribution in [0.3, 0.4) is 0 Å². The van der Waals surface area contributed by atoms with Crippen molar-refractivity contribution in [1.82, 2.24) is 0 Å². The van der Waals surface area contributed by atoms with Crippen LogP contribution in [-0.2, 0) is 4.79 Å². The number of hydrogen-bond donors (Lipinski definition) is 1. The van der Waals surface area contributed by atoms with Gasteiger partial charge in [-0.05, 0) is 61.4 Å². The maximum Gasteiger partial charge on any atom is 0.262 e. The van der Waals surface area contributed by atoms with Crippen molar-refractivity contribution >= 4 is 27.5 Å². The third kappa shape index (κ3) is 5.13. The highest BCUT2D eigenvalue weighted by Crippen LogP contribution is 2.26. The summed E-state index contributed by atoms with van der Waals surface area (Å²) in [7, 11) is 0. The first-order chi connectivity index (χ1) is 11.5. The minimum absolute atomic E-state index is 0.0464. The lowest BCUT2D eigenvalue weighted by atomic mass is 10.1. The van der Waals surface area contributed by atoms with E-state index in [0.717, 1.165) is 21.3 Å². The van der Waals surface area contributed by atoms with Crippen molar-refractivity contribution in [3.8, 4) is 11.5 Å². The molecule has 0 aliphatic heterocycles. The number of carbonyl (C=O) groups is 1. The number of nitrogens with one attached hydrogen (secondary N) is 1. The van der Waals surface area contributed by atoms with Gasteiger partial charge in [0, 0.05) is 10.2 Å². The van der Waals surface area contributed by atoms with E-state index in [9.17, 15) is 4.79 Å². The molecule has 0 heterocycles. The molecule has 5 heteroatoms. The molecule has 0 spiro atoms. The van der Waals surface area contributed by atoms with E-state index in [-0.39, 0.29) is 12.5 Å². The zero-order chi connectivity index (χ0) is 17.5.